The molecule has 0 heterocycles. The maximum absolute atomic E-state index is 13.8. The molecule has 0 unspecified atom stereocenters. The normalized spacial score (nSPS) is 11.8. The molecule has 11 heteroatoms. The lowest BCUT2D eigenvalue weighted by atomic mass is 10.1. The highest BCUT2D eigenvalue weighted by atomic mass is 32.2. The third kappa shape index (κ3) is 7.89. The summed E-state index contributed by atoms with van der Waals surface area (Å²) in [5.41, 5.74) is 0.601. The van der Waals surface area contributed by atoms with Gasteiger partial charge in [0.05, 0.1) is 15.5 Å². The fourth-order valence-electron chi connectivity index (χ4n) is 4.12. The van der Waals surface area contributed by atoms with E-state index < -0.39 is 33.4 Å². The first-order chi connectivity index (χ1) is 19.1. The van der Waals surface area contributed by atoms with Crippen LogP contribution in [0.5, 0.6) is 0 Å². The quantitative estimate of drug-likeness (QED) is 0.177. The predicted molar refractivity (Wildman–Crippen MR) is 153 cm³/mol. The number of unbranched alkanes of at least 4 members (excludes halogenated alkanes) is 1. The van der Waals surface area contributed by atoms with E-state index in [9.17, 15) is 28.1 Å². The first-order valence-electron chi connectivity index (χ1n) is 13.1. The van der Waals surface area contributed by atoms with Crippen LogP contribution in [0.3, 0.4) is 0 Å². The molecule has 212 valence electrons. The Morgan fingerprint density at radius 1 is 0.975 bits per heavy atom. The van der Waals surface area contributed by atoms with Crippen molar-refractivity contribution in [3.8, 4) is 0 Å². The van der Waals surface area contributed by atoms with Crippen LogP contribution in [-0.2, 0) is 26.0 Å². The van der Waals surface area contributed by atoms with Gasteiger partial charge in [0.1, 0.15) is 12.6 Å². The predicted octanol–water partition coefficient (Wildman–Crippen LogP) is 4.17. The molecule has 1 N–H and O–H groups in total. The highest BCUT2D eigenvalue weighted by Crippen LogP contribution is 2.27. The Kier molecular flexibility index (Phi) is 10.8. The van der Waals surface area contributed by atoms with Crippen molar-refractivity contribution < 1.29 is 22.9 Å². The van der Waals surface area contributed by atoms with Crippen molar-refractivity contribution in [1.29, 1.82) is 0 Å². The molecule has 1 atom stereocenters. The van der Waals surface area contributed by atoms with Gasteiger partial charge in [-0.1, -0.05) is 67.9 Å². The van der Waals surface area contributed by atoms with Gasteiger partial charge in [-0.05, 0) is 43.5 Å². The SMILES string of the molecule is CCCCNC(=O)[C@H](C)N(CCc1ccccc1)C(=O)CN(c1cccc([N+](=O)[O-])c1)S(=O)(=O)c1ccccc1. The molecule has 0 aliphatic carbocycles. The van der Waals surface area contributed by atoms with Gasteiger partial charge in [0.25, 0.3) is 15.7 Å². The monoisotopic (exact) mass is 566 g/mol. The average molecular weight is 567 g/mol. The van der Waals surface area contributed by atoms with E-state index in [0.717, 1.165) is 28.8 Å². The number of non-ortho nitro benzene ring substituents is 1. The van der Waals surface area contributed by atoms with E-state index in [2.05, 4.69) is 5.32 Å². The van der Waals surface area contributed by atoms with Crippen LogP contribution in [0.1, 0.15) is 32.3 Å². The molecule has 0 bridgehead atoms. The van der Waals surface area contributed by atoms with Crippen molar-refractivity contribution in [3.05, 3.63) is 101 Å². The molecule has 0 aliphatic rings. The summed E-state index contributed by atoms with van der Waals surface area (Å²) >= 11 is 0. The zero-order valence-electron chi connectivity index (χ0n) is 22.6. The van der Waals surface area contributed by atoms with Crippen LogP contribution in [0.25, 0.3) is 0 Å². The largest absolute Gasteiger partial charge is 0.354 e. The molecule has 3 aromatic rings. The number of sulfonamides is 1. The number of nitrogens with one attached hydrogen (secondary N) is 1. The lowest BCUT2D eigenvalue weighted by Gasteiger charge is -2.32. The molecular weight excluding hydrogens is 532 g/mol. The number of carbonyl (C=O) groups excluding carboxylic acids is 2. The van der Waals surface area contributed by atoms with Crippen molar-refractivity contribution in [2.24, 2.45) is 0 Å². The first kappa shape index (κ1) is 30.3. The number of carbonyl (C=O) groups is 2. The minimum Gasteiger partial charge on any atom is -0.354 e. The second-order valence-electron chi connectivity index (χ2n) is 9.24. The van der Waals surface area contributed by atoms with Crippen molar-refractivity contribution in [2.45, 2.75) is 44.0 Å². The number of rotatable bonds is 14. The number of hydrogen-bond donors (Lipinski definition) is 1. The minimum atomic E-state index is -4.29. The van der Waals surface area contributed by atoms with Crippen LogP contribution in [0.4, 0.5) is 11.4 Å². The molecule has 0 saturated carbocycles. The molecule has 3 aromatic carbocycles. The Hall–Kier alpha value is -4.25. The van der Waals surface area contributed by atoms with Crippen molar-refractivity contribution >= 4 is 33.2 Å². The summed E-state index contributed by atoms with van der Waals surface area (Å²) in [6.45, 7) is 3.58. The molecule has 0 spiro atoms. The van der Waals surface area contributed by atoms with E-state index in [-0.39, 0.29) is 28.7 Å². The number of anilines is 1. The third-order valence-electron chi connectivity index (χ3n) is 6.42. The number of nitrogens with zero attached hydrogens (tertiary/aromatic N) is 3. The Labute approximate surface area is 234 Å². The summed E-state index contributed by atoms with van der Waals surface area (Å²) < 4.78 is 28.3. The molecule has 3 rings (SSSR count). The van der Waals surface area contributed by atoms with Crippen molar-refractivity contribution in [3.63, 3.8) is 0 Å². The number of nitro groups is 1. The number of benzene rings is 3. The van der Waals surface area contributed by atoms with E-state index in [0.29, 0.717) is 13.0 Å². The van der Waals surface area contributed by atoms with Gasteiger partial charge in [0.2, 0.25) is 11.8 Å². The molecule has 40 heavy (non-hydrogen) atoms. The maximum atomic E-state index is 13.8. The van der Waals surface area contributed by atoms with Gasteiger partial charge in [-0.2, -0.15) is 0 Å². The van der Waals surface area contributed by atoms with Gasteiger partial charge in [0, 0.05) is 25.2 Å². The molecular formula is C29H34N4O6S. The zero-order valence-corrected chi connectivity index (χ0v) is 23.4. The van der Waals surface area contributed by atoms with E-state index >= 15 is 0 Å². The number of hydrogen-bond acceptors (Lipinski definition) is 6. The van der Waals surface area contributed by atoms with Gasteiger partial charge in [0.15, 0.2) is 0 Å². The van der Waals surface area contributed by atoms with Crippen LogP contribution in [0.15, 0.2) is 89.8 Å². The highest BCUT2D eigenvalue weighted by Gasteiger charge is 2.32. The van der Waals surface area contributed by atoms with Gasteiger partial charge in [-0.15, -0.1) is 0 Å². The fraction of sp³-hybridized carbons (Fsp3) is 0.310. The van der Waals surface area contributed by atoms with Crippen molar-refractivity contribution in [2.75, 3.05) is 23.9 Å². The lowest BCUT2D eigenvalue weighted by molar-refractivity contribution is -0.384. The summed E-state index contributed by atoms with van der Waals surface area (Å²) in [7, 11) is -4.29. The third-order valence-corrected chi connectivity index (χ3v) is 8.21. The second kappa shape index (κ2) is 14.2. The van der Waals surface area contributed by atoms with Gasteiger partial charge in [-0.3, -0.25) is 24.0 Å². The summed E-state index contributed by atoms with van der Waals surface area (Å²) in [5, 5.41) is 14.3. The van der Waals surface area contributed by atoms with Crippen molar-refractivity contribution in [1.82, 2.24) is 10.2 Å². The van der Waals surface area contributed by atoms with Gasteiger partial charge >= 0.3 is 0 Å². The fourth-order valence-corrected chi connectivity index (χ4v) is 5.54. The standard InChI is InChI=1S/C29H34N4O6S/c1-3-4-19-30-29(35)23(2)31(20-18-24-12-7-5-8-13-24)28(34)22-32(25-14-11-15-26(21-25)33(36)37)40(38,39)27-16-9-6-10-17-27/h5-17,21,23H,3-4,18-20,22H2,1-2H3,(H,30,35)/t23-/m0/s1. The summed E-state index contributed by atoms with van der Waals surface area (Å²) in [5.74, 6) is -0.956. The topological polar surface area (TPSA) is 130 Å². The maximum Gasteiger partial charge on any atom is 0.271 e. The molecule has 0 aliphatic heterocycles. The average Bonchev–Trinajstić information content (AvgIpc) is 2.97. The van der Waals surface area contributed by atoms with Crippen LogP contribution in [0.2, 0.25) is 0 Å². The summed E-state index contributed by atoms with van der Waals surface area (Å²) in [6.07, 6.45) is 2.12. The van der Waals surface area contributed by atoms with Crippen LogP contribution < -0.4 is 9.62 Å². The van der Waals surface area contributed by atoms with Crippen LogP contribution in [-0.4, -0.2) is 55.7 Å². The van der Waals surface area contributed by atoms with Gasteiger partial charge < -0.3 is 10.2 Å². The second-order valence-corrected chi connectivity index (χ2v) is 11.1. The summed E-state index contributed by atoms with van der Waals surface area (Å²) in [6, 6.07) is 21.2. The highest BCUT2D eigenvalue weighted by molar-refractivity contribution is 7.92. The lowest BCUT2D eigenvalue weighted by Crippen LogP contribution is -2.52. The summed E-state index contributed by atoms with van der Waals surface area (Å²) in [4.78, 5) is 38.9. The molecule has 0 saturated heterocycles. The zero-order chi connectivity index (χ0) is 29.1. The Bertz CT molecular complexity index is 1400. The first-order valence-corrected chi connectivity index (χ1v) is 14.5. The smallest absolute Gasteiger partial charge is 0.271 e. The molecule has 0 fully saturated rings. The Morgan fingerprint density at radius 3 is 2.25 bits per heavy atom. The van der Waals surface area contributed by atoms with E-state index in [4.69, 9.17) is 0 Å². The van der Waals surface area contributed by atoms with Crippen LogP contribution in [0, 0.1) is 10.1 Å². The van der Waals surface area contributed by atoms with E-state index in [1.54, 1.807) is 25.1 Å². The molecule has 0 radical (unpaired) electrons. The Balaban J connectivity index is 1.98. The van der Waals surface area contributed by atoms with E-state index in [1.807, 2.05) is 37.3 Å². The molecule has 0 aromatic heterocycles. The number of amides is 2. The molecule has 10 nitrogen and oxygen atoms in total. The number of nitro benzene ring substituents is 1. The van der Waals surface area contributed by atoms with E-state index in [1.165, 1.54) is 35.2 Å². The minimum absolute atomic E-state index is 0.0329. The van der Waals surface area contributed by atoms with Gasteiger partial charge in [-0.25, -0.2) is 8.42 Å². The van der Waals surface area contributed by atoms with Crippen LogP contribution >= 0.6 is 0 Å². The Morgan fingerprint density at radius 2 is 1.62 bits per heavy atom. The molecule has 2 amide bonds.